The highest BCUT2D eigenvalue weighted by atomic mass is 32.1. The van der Waals surface area contributed by atoms with E-state index in [1.807, 2.05) is 13.8 Å². The van der Waals surface area contributed by atoms with Gasteiger partial charge >= 0.3 is 5.97 Å². The highest BCUT2D eigenvalue weighted by Crippen LogP contribution is 2.21. The third kappa shape index (κ3) is 3.20. The van der Waals surface area contributed by atoms with Crippen molar-refractivity contribution in [2.45, 2.75) is 33.7 Å². The number of rotatable bonds is 4. The zero-order chi connectivity index (χ0) is 11.4. The molecule has 5 heteroatoms. The Balaban J connectivity index is 2.58. The molecule has 1 N–H and O–H groups in total. The van der Waals surface area contributed by atoms with E-state index in [1.54, 1.807) is 25.2 Å². The minimum Gasteiger partial charge on any atom is -0.464 e. The Hall–Kier alpha value is -1.10. The number of hydrogen-bond donors (Lipinski definition) is 1. The van der Waals surface area contributed by atoms with Gasteiger partial charge in [-0.3, -0.25) is 0 Å². The minimum absolute atomic E-state index is 0.247. The minimum atomic E-state index is -0.352. The van der Waals surface area contributed by atoms with E-state index in [-0.39, 0.29) is 12.0 Å². The Morgan fingerprint density at radius 1 is 1.60 bits per heavy atom. The molecule has 0 spiro atoms. The maximum absolute atomic E-state index is 11.3. The summed E-state index contributed by atoms with van der Waals surface area (Å²) in [5, 5.41) is 3.79. The van der Waals surface area contributed by atoms with Crippen molar-refractivity contribution in [3.05, 3.63) is 10.6 Å². The molecule has 0 radical (unpaired) electrons. The molecule has 0 aliphatic rings. The summed E-state index contributed by atoms with van der Waals surface area (Å²) in [5.74, 6) is -0.247. The Bertz CT molecular complexity index is 330. The number of aryl methyl sites for hydroxylation is 2. The number of nitrogens with one attached hydrogen (secondary N) is 1. The number of carbonyl (C=O) groups excluding carboxylic acids is 1. The maximum atomic E-state index is 11.3. The van der Waals surface area contributed by atoms with Crippen molar-refractivity contribution in [1.29, 1.82) is 0 Å². The highest BCUT2D eigenvalue weighted by molar-refractivity contribution is 7.15. The largest absolute Gasteiger partial charge is 0.464 e. The molecule has 0 aliphatic carbocycles. The van der Waals surface area contributed by atoms with Crippen molar-refractivity contribution in [2.75, 3.05) is 11.9 Å². The fraction of sp³-hybridized carbons (Fsp3) is 0.600. The predicted octanol–water partition coefficient (Wildman–Crippen LogP) is 2.12. The molecule has 0 aromatic carbocycles. The van der Waals surface area contributed by atoms with Crippen LogP contribution >= 0.6 is 11.3 Å². The highest BCUT2D eigenvalue weighted by Gasteiger charge is 2.15. The van der Waals surface area contributed by atoms with Crippen LogP contribution in [0.5, 0.6) is 0 Å². The molecular weight excluding hydrogens is 212 g/mol. The predicted molar refractivity (Wildman–Crippen MR) is 61.3 cm³/mol. The van der Waals surface area contributed by atoms with E-state index in [9.17, 15) is 4.79 Å². The first-order chi connectivity index (χ1) is 7.04. The normalized spacial score (nSPS) is 12.3. The van der Waals surface area contributed by atoms with E-state index in [0.29, 0.717) is 6.61 Å². The first kappa shape index (κ1) is 12.0. The molecule has 84 valence electrons. The van der Waals surface area contributed by atoms with Crippen molar-refractivity contribution in [3.63, 3.8) is 0 Å². The molecule has 0 saturated heterocycles. The summed E-state index contributed by atoms with van der Waals surface area (Å²) in [6, 6.07) is -0.352. The van der Waals surface area contributed by atoms with Crippen LogP contribution in [0.2, 0.25) is 0 Å². The number of carbonyl (C=O) groups is 1. The number of hydrogen-bond acceptors (Lipinski definition) is 5. The smallest absolute Gasteiger partial charge is 0.328 e. The van der Waals surface area contributed by atoms with Gasteiger partial charge in [0.1, 0.15) is 6.04 Å². The van der Waals surface area contributed by atoms with Crippen molar-refractivity contribution in [2.24, 2.45) is 0 Å². The molecule has 15 heavy (non-hydrogen) atoms. The fourth-order valence-corrected chi connectivity index (χ4v) is 1.95. The van der Waals surface area contributed by atoms with Gasteiger partial charge in [-0.15, -0.1) is 11.3 Å². The molecule has 1 rings (SSSR count). The van der Waals surface area contributed by atoms with Gasteiger partial charge in [-0.25, -0.2) is 9.78 Å². The number of aromatic nitrogens is 1. The molecule has 4 nitrogen and oxygen atoms in total. The fourth-order valence-electron chi connectivity index (χ4n) is 1.05. The van der Waals surface area contributed by atoms with E-state index < -0.39 is 0 Å². The lowest BCUT2D eigenvalue weighted by molar-refractivity contribution is -0.143. The van der Waals surface area contributed by atoms with Gasteiger partial charge in [0, 0.05) is 4.88 Å². The van der Waals surface area contributed by atoms with Crippen LogP contribution in [0.3, 0.4) is 0 Å². The average molecular weight is 228 g/mol. The summed E-state index contributed by atoms with van der Waals surface area (Å²) in [5.41, 5.74) is 0.999. The average Bonchev–Trinajstić information content (AvgIpc) is 2.46. The van der Waals surface area contributed by atoms with Crippen LogP contribution in [0.1, 0.15) is 24.4 Å². The topological polar surface area (TPSA) is 51.2 Å². The van der Waals surface area contributed by atoms with Gasteiger partial charge in [-0.1, -0.05) is 0 Å². The first-order valence-electron chi connectivity index (χ1n) is 4.91. The molecule has 0 bridgehead atoms. The number of thiazole rings is 1. The third-order valence-corrected chi connectivity index (χ3v) is 3.01. The Morgan fingerprint density at radius 3 is 2.73 bits per heavy atom. The molecule has 1 unspecified atom stereocenters. The molecule has 0 saturated carbocycles. The van der Waals surface area contributed by atoms with Crippen molar-refractivity contribution in [3.8, 4) is 0 Å². The number of anilines is 1. The molecule has 1 atom stereocenters. The zero-order valence-electron chi connectivity index (χ0n) is 9.46. The zero-order valence-corrected chi connectivity index (χ0v) is 10.3. The molecule has 0 amide bonds. The Kier molecular flexibility index (Phi) is 4.08. The second-order valence-corrected chi connectivity index (χ2v) is 4.48. The summed E-state index contributed by atoms with van der Waals surface area (Å²) >= 11 is 1.55. The van der Waals surface area contributed by atoms with Gasteiger partial charge < -0.3 is 10.1 Å². The van der Waals surface area contributed by atoms with E-state index >= 15 is 0 Å². The van der Waals surface area contributed by atoms with E-state index in [2.05, 4.69) is 10.3 Å². The second kappa shape index (κ2) is 5.11. The Morgan fingerprint density at radius 2 is 2.27 bits per heavy atom. The summed E-state index contributed by atoms with van der Waals surface area (Å²) in [7, 11) is 0. The SMILES string of the molecule is CCOC(=O)C(C)Nc1nc(C)c(C)s1. The standard InChI is InChI=1S/C10H16N2O2S/c1-5-14-9(13)7(3)12-10-11-6(2)8(4)15-10/h7H,5H2,1-4H3,(H,11,12). The van der Waals surface area contributed by atoms with Crippen LogP contribution in [0, 0.1) is 13.8 Å². The molecule has 0 fully saturated rings. The van der Waals surface area contributed by atoms with Crippen LogP contribution in [0.25, 0.3) is 0 Å². The third-order valence-electron chi connectivity index (χ3n) is 2.01. The van der Waals surface area contributed by atoms with Crippen molar-refractivity contribution >= 4 is 22.4 Å². The second-order valence-electron chi connectivity index (χ2n) is 3.28. The number of esters is 1. The Labute approximate surface area is 93.7 Å². The summed E-state index contributed by atoms with van der Waals surface area (Å²) in [6.07, 6.45) is 0. The van der Waals surface area contributed by atoms with Gasteiger partial charge in [-0.2, -0.15) is 0 Å². The molecule has 0 aliphatic heterocycles. The molecular formula is C10H16N2O2S. The lowest BCUT2D eigenvalue weighted by Gasteiger charge is -2.10. The molecule has 1 heterocycles. The first-order valence-corrected chi connectivity index (χ1v) is 5.73. The van der Waals surface area contributed by atoms with Gasteiger partial charge in [0.05, 0.1) is 12.3 Å². The van der Waals surface area contributed by atoms with Crippen LogP contribution in [0.4, 0.5) is 5.13 Å². The van der Waals surface area contributed by atoms with Crippen LogP contribution in [-0.2, 0) is 9.53 Å². The maximum Gasteiger partial charge on any atom is 0.328 e. The summed E-state index contributed by atoms with van der Waals surface area (Å²) in [6.45, 7) is 7.92. The molecule has 1 aromatic heterocycles. The van der Waals surface area contributed by atoms with Crippen LogP contribution < -0.4 is 5.32 Å². The lowest BCUT2D eigenvalue weighted by Crippen LogP contribution is -2.28. The van der Waals surface area contributed by atoms with E-state index in [1.165, 1.54) is 0 Å². The lowest BCUT2D eigenvalue weighted by atomic mass is 10.3. The summed E-state index contributed by atoms with van der Waals surface area (Å²) < 4.78 is 4.89. The van der Waals surface area contributed by atoms with Gasteiger partial charge in [0.25, 0.3) is 0 Å². The van der Waals surface area contributed by atoms with Crippen LogP contribution in [0.15, 0.2) is 0 Å². The van der Waals surface area contributed by atoms with Gasteiger partial charge in [0.15, 0.2) is 5.13 Å². The monoisotopic (exact) mass is 228 g/mol. The van der Waals surface area contributed by atoms with Crippen LogP contribution in [-0.4, -0.2) is 23.6 Å². The van der Waals surface area contributed by atoms with Gasteiger partial charge in [0.2, 0.25) is 0 Å². The van der Waals surface area contributed by atoms with Crippen molar-refractivity contribution in [1.82, 2.24) is 4.98 Å². The van der Waals surface area contributed by atoms with Gasteiger partial charge in [-0.05, 0) is 27.7 Å². The number of nitrogens with zero attached hydrogens (tertiary/aromatic N) is 1. The summed E-state index contributed by atoms with van der Waals surface area (Å²) in [4.78, 5) is 16.8. The number of ether oxygens (including phenoxy) is 1. The van der Waals surface area contributed by atoms with Crippen molar-refractivity contribution < 1.29 is 9.53 Å². The van der Waals surface area contributed by atoms with E-state index in [0.717, 1.165) is 15.7 Å². The molecule has 1 aromatic rings. The quantitative estimate of drug-likeness (QED) is 0.802. The van der Waals surface area contributed by atoms with E-state index in [4.69, 9.17) is 4.74 Å².